The minimum atomic E-state index is -0.116. The summed E-state index contributed by atoms with van der Waals surface area (Å²) < 4.78 is 0. The second-order valence-corrected chi connectivity index (χ2v) is 14.5. The van der Waals surface area contributed by atoms with Gasteiger partial charge in [-0.25, -0.2) is 0 Å². The Morgan fingerprint density at radius 2 is 1.49 bits per heavy atom. The van der Waals surface area contributed by atoms with Crippen LogP contribution < -0.4 is 4.90 Å². The predicted molar refractivity (Wildman–Crippen MR) is 191 cm³/mol. The molecule has 0 N–H and O–H groups in total. The van der Waals surface area contributed by atoms with Gasteiger partial charge in [0.05, 0.1) is 6.04 Å². The molecule has 0 spiro atoms. The third kappa shape index (κ3) is 3.80. The van der Waals surface area contributed by atoms with Gasteiger partial charge in [-0.05, 0) is 98.0 Å². The van der Waals surface area contributed by atoms with Crippen molar-refractivity contribution >= 4 is 33.8 Å². The summed E-state index contributed by atoms with van der Waals surface area (Å²) in [4.78, 5) is 2.69. The third-order valence-electron chi connectivity index (χ3n) is 11.4. The van der Waals surface area contributed by atoms with Gasteiger partial charge in [-0.15, -0.1) is 0 Å². The van der Waals surface area contributed by atoms with Gasteiger partial charge in [0.1, 0.15) is 0 Å². The van der Waals surface area contributed by atoms with Crippen LogP contribution in [0.4, 0.5) is 11.4 Å². The minimum Gasteiger partial charge on any atom is -0.333 e. The van der Waals surface area contributed by atoms with Gasteiger partial charge < -0.3 is 4.90 Å². The van der Waals surface area contributed by atoms with Crippen LogP contribution in [0.2, 0.25) is 0 Å². The number of fused-ring (bicyclic) bond motifs is 6. The number of para-hydroxylation sites is 1. The van der Waals surface area contributed by atoms with E-state index in [2.05, 4.69) is 160 Å². The number of benzene rings is 5. The molecule has 5 aromatic carbocycles. The van der Waals surface area contributed by atoms with E-state index in [1.807, 2.05) is 0 Å². The molecule has 2 heterocycles. The van der Waals surface area contributed by atoms with E-state index in [0.29, 0.717) is 5.92 Å². The van der Waals surface area contributed by atoms with Gasteiger partial charge in [0.15, 0.2) is 0 Å². The Hall–Kier alpha value is -4.62. The van der Waals surface area contributed by atoms with Crippen LogP contribution in [-0.4, -0.2) is 6.04 Å². The van der Waals surface area contributed by atoms with Gasteiger partial charge in [0.2, 0.25) is 0 Å². The van der Waals surface area contributed by atoms with E-state index in [1.165, 1.54) is 72.2 Å². The number of allylic oxidation sites excluding steroid dienone is 3. The molecule has 220 valence electrons. The lowest BCUT2D eigenvalue weighted by Gasteiger charge is -2.56. The zero-order valence-electron chi connectivity index (χ0n) is 26.6. The summed E-state index contributed by atoms with van der Waals surface area (Å²) in [5.41, 5.74) is 15.1. The summed E-state index contributed by atoms with van der Waals surface area (Å²) in [6.07, 6.45) is 14.3. The lowest BCUT2D eigenvalue weighted by Crippen LogP contribution is -2.52. The second kappa shape index (κ2) is 9.44. The predicted octanol–water partition coefficient (Wildman–Crippen LogP) is 11.2. The summed E-state index contributed by atoms with van der Waals surface area (Å²) in [6.45, 7) is 9.84. The first-order valence-corrected chi connectivity index (χ1v) is 16.6. The maximum Gasteiger partial charge on any atom is 0.0597 e. The molecule has 1 heteroatoms. The van der Waals surface area contributed by atoms with Gasteiger partial charge in [0.25, 0.3) is 0 Å². The topological polar surface area (TPSA) is 3.24 Å². The zero-order chi connectivity index (χ0) is 30.5. The highest BCUT2D eigenvalue weighted by Gasteiger charge is 2.51. The molecule has 5 aromatic rings. The molecule has 4 aliphatic rings. The fourth-order valence-electron chi connectivity index (χ4n) is 8.85. The molecule has 0 saturated carbocycles. The van der Waals surface area contributed by atoms with E-state index in [9.17, 15) is 0 Å². The fraction of sp³-hybridized carbons (Fsp3) is 0.227. The van der Waals surface area contributed by atoms with Crippen molar-refractivity contribution in [1.29, 1.82) is 0 Å². The molecule has 0 fully saturated rings. The molecular weight excluding hydrogens is 542 g/mol. The van der Waals surface area contributed by atoms with Crippen LogP contribution in [-0.2, 0) is 17.3 Å². The van der Waals surface area contributed by atoms with Gasteiger partial charge in [-0.3, -0.25) is 0 Å². The summed E-state index contributed by atoms with van der Waals surface area (Å²) in [7, 11) is 0. The summed E-state index contributed by atoms with van der Waals surface area (Å²) >= 11 is 0. The van der Waals surface area contributed by atoms with E-state index < -0.39 is 0 Å². The Bertz CT molecular complexity index is 2130. The van der Waals surface area contributed by atoms with Crippen molar-refractivity contribution in [3.8, 4) is 11.1 Å². The maximum absolute atomic E-state index is 2.69. The van der Waals surface area contributed by atoms with Crippen LogP contribution in [0.15, 0.2) is 121 Å². The first-order chi connectivity index (χ1) is 21.8. The van der Waals surface area contributed by atoms with Crippen molar-refractivity contribution in [3.05, 3.63) is 155 Å². The van der Waals surface area contributed by atoms with Gasteiger partial charge in [0, 0.05) is 28.1 Å². The molecule has 1 nitrogen and oxygen atoms in total. The second-order valence-electron chi connectivity index (χ2n) is 14.5. The Kier molecular flexibility index (Phi) is 5.61. The molecule has 2 aliphatic heterocycles. The third-order valence-corrected chi connectivity index (χ3v) is 11.4. The number of hydrogen-bond acceptors (Lipinski definition) is 1. The summed E-state index contributed by atoms with van der Waals surface area (Å²) in [5.74, 6) is 0.307. The van der Waals surface area contributed by atoms with Gasteiger partial charge in [-0.1, -0.05) is 131 Å². The van der Waals surface area contributed by atoms with E-state index in [4.69, 9.17) is 0 Å². The smallest absolute Gasteiger partial charge is 0.0597 e. The molecule has 9 rings (SSSR count). The van der Waals surface area contributed by atoms with Crippen molar-refractivity contribution < 1.29 is 0 Å². The Labute approximate surface area is 267 Å². The van der Waals surface area contributed by atoms with Crippen LogP contribution in [0.5, 0.6) is 0 Å². The van der Waals surface area contributed by atoms with E-state index in [0.717, 1.165) is 12.8 Å². The average molecular weight is 582 g/mol. The molecule has 2 aliphatic carbocycles. The molecule has 2 unspecified atom stereocenters. The van der Waals surface area contributed by atoms with Crippen LogP contribution in [0.3, 0.4) is 0 Å². The van der Waals surface area contributed by atoms with E-state index in [-0.39, 0.29) is 16.9 Å². The van der Waals surface area contributed by atoms with Crippen molar-refractivity contribution in [1.82, 2.24) is 0 Å². The SMILES string of the molecule is CC1(C)c2ccccc2N2c3c1cc(-c1cccc4c1CCC=C4)cc3C(C)(C)C1C=C(c3ccc4ccccc4c3)C=CC12. The molecule has 0 saturated heterocycles. The minimum absolute atomic E-state index is 0.0781. The lowest BCUT2D eigenvalue weighted by molar-refractivity contribution is 0.329. The molecule has 0 amide bonds. The molecular formula is C44H39N. The fourth-order valence-corrected chi connectivity index (χ4v) is 8.85. The van der Waals surface area contributed by atoms with Crippen molar-refractivity contribution in [2.75, 3.05) is 4.90 Å². The zero-order valence-corrected chi connectivity index (χ0v) is 26.6. The number of rotatable bonds is 2. The summed E-state index contributed by atoms with van der Waals surface area (Å²) in [5, 5.41) is 2.58. The maximum atomic E-state index is 2.69. The normalized spacial score (nSPS) is 21.4. The van der Waals surface area contributed by atoms with Crippen molar-refractivity contribution in [3.63, 3.8) is 0 Å². The van der Waals surface area contributed by atoms with Gasteiger partial charge in [-0.2, -0.15) is 0 Å². The number of hydrogen-bond donors (Lipinski definition) is 0. The highest BCUT2D eigenvalue weighted by molar-refractivity contribution is 5.91. The van der Waals surface area contributed by atoms with Gasteiger partial charge >= 0.3 is 0 Å². The molecule has 0 bridgehead atoms. The number of nitrogens with zero attached hydrogens (tertiary/aromatic N) is 1. The highest BCUT2D eigenvalue weighted by Crippen LogP contribution is 2.60. The average Bonchev–Trinajstić information content (AvgIpc) is 3.07. The lowest BCUT2D eigenvalue weighted by atomic mass is 9.60. The summed E-state index contributed by atoms with van der Waals surface area (Å²) in [6, 6.07) is 37.0. The Morgan fingerprint density at radius 1 is 0.689 bits per heavy atom. The van der Waals surface area contributed by atoms with Crippen LogP contribution >= 0.6 is 0 Å². The first kappa shape index (κ1) is 26.8. The first-order valence-electron chi connectivity index (χ1n) is 16.6. The van der Waals surface area contributed by atoms with Crippen molar-refractivity contribution in [2.24, 2.45) is 5.92 Å². The van der Waals surface area contributed by atoms with E-state index in [1.54, 1.807) is 0 Å². The van der Waals surface area contributed by atoms with Crippen LogP contribution in [0.25, 0.3) is 33.5 Å². The van der Waals surface area contributed by atoms with Crippen LogP contribution in [0.1, 0.15) is 67.5 Å². The molecule has 0 radical (unpaired) electrons. The molecule has 2 atom stereocenters. The van der Waals surface area contributed by atoms with Crippen LogP contribution in [0, 0.1) is 5.92 Å². The van der Waals surface area contributed by atoms with Crippen molar-refractivity contribution in [2.45, 2.75) is 57.4 Å². The molecule has 0 aromatic heterocycles. The largest absolute Gasteiger partial charge is 0.333 e. The standard InChI is InChI=1S/C44H39N/c1-43(2)36-18-9-10-19-40(36)45-41-23-22-32(31-21-20-28-12-5-6-14-30(28)24-31)25-37(41)44(3,4)39-27-33(26-38(43)42(39)45)35-17-11-15-29-13-7-8-16-34(29)35/h5-7,9-15,17-27,37,41H,8,16H2,1-4H3. The van der Waals surface area contributed by atoms with E-state index >= 15 is 0 Å². The monoisotopic (exact) mass is 581 g/mol. The molecule has 45 heavy (non-hydrogen) atoms. The highest BCUT2D eigenvalue weighted by atomic mass is 15.2. The number of anilines is 2. The Balaban J connectivity index is 1.28. The quantitative estimate of drug-likeness (QED) is 0.200. The Morgan fingerprint density at radius 3 is 2.38 bits per heavy atom.